The Hall–Kier alpha value is -1.07. The molecule has 1 unspecified atom stereocenters. The maximum absolute atomic E-state index is 10.0. The molecule has 2 nitrogen and oxygen atoms in total. The van der Waals surface area contributed by atoms with Gasteiger partial charge in [-0.2, -0.15) is 0 Å². The zero-order valence-corrected chi connectivity index (χ0v) is 13.3. The summed E-state index contributed by atoms with van der Waals surface area (Å²) in [5.41, 5.74) is 3.38. The number of hydrogen-bond donors (Lipinski definition) is 1. The van der Waals surface area contributed by atoms with Crippen molar-refractivity contribution in [2.24, 2.45) is 0 Å². The smallest absolute Gasteiger partial charge is 0.123 e. The van der Waals surface area contributed by atoms with E-state index in [4.69, 9.17) is 4.74 Å². The average molecular weight is 380 g/mol. The van der Waals surface area contributed by atoms with Crippen molar-refractivity contribution in [3.63, 3.8) is 0 Å². The van der Waals surface area contributed by atoms with Gasteiger partial charge in [0, 0.05) is 3.57 Å². The third kappa shape index (κ3) is 2.99. The summed E-state index contributed by atoms with van der Waals surface area (Å²) in [6.45, 7) is 0.573. The van der Waals surface area contributed by atoms with Crippen LogP contribution >= 0.6 is 22.6 Å². The summed E-state index contributed by atoms with van der Waals surface area (Å²) in [7, 11) is 0. The first-order chi connectivity index (χ1) is 9.74. The van der Waals surface area contributed by atoms with E-state index in [1.807, 2.05) is 18.2 Å². The van der Waals surface area contributed by atoms with Gasteiger partial charge in [0.15, 0.2) is 0 Å². The Balaban J connectivity index is 1.78. The van der Waals surface area contributed by atoms with Crippen LogP contribution in [-0.2, 0) is 13.0 Å². The van der Waals surface area contributed by atoms with Gasteiger partial charge in [0.2, 0.25) is 0 Å². The predicted molar refractivity (Wildman–Crippen MR) is 87.8 cm³/mol. The lowest BCUT2D eigenvalue weighted by atomic mass is 9.89. The molecule has 2 aromatic carbocycles. The van der Waals surface area contributed by atoms with Crippen molar-refractivity contribution in [2.75, 3.05) is 0 Å². The summed E-state index contributed by atoms with van der Waals surface area (Å²) < 4.78 is 7.19. The second-order valence-electron chi connectivity index (χ2n) is 5.15. The Labute approximate surface area is 132 Å². The van der Waals surface area contributed by atoms with Gasteiger partial charge in [0.25, 0.3) is 0 Å². The van der Waals surface area contributed by atoms with Gasteiger partial charge in [0.1, 0.15) is 12.4 Å². The summed E-state index contributed by atoms with van der Waals surface area (Å²) in [6.07, 6.45) is 2.54. The van der Waals surface area contributed by atoms with Crippen molar-refractivity contribution in [3.05, 3.63) is 62.7 Å². The van der Waals surface area contributed by atoms with Crippen LogP contribution in [0.5, 0.6) is 5.75 Å². The molecule has 1 aliphatic rings. The van der Waals surface area contributed by atoms with Gasteiger partial charge in [-0.1, -0.05) is 24.3 Å². The van der Waals surface area contributed by atoms with E-state index >= 15 is 0 Å². The number of hydrogen-bond acceptors (Lipinski definition) is 2. The number of halogens is 1. The fraction of sp³-hybridized carbons (Fsp3) is 0.294. The molecule has 0 saturated carbocycles. The van der Waals surface area contributed by atoms with Gasteiger partial charge >= 0.3 is 0 Å². The molecular weight excluding hydrogens is 363 g/mol. The van der Waals surface area contributed by atoms with Crippen molar-refractivity contribution >= 4 is 22.6 Å². The van der Waals surface area contributed by atoms with Crippen LogP contribution in [-0.4, -0.2) is 5.11 Å². The highest BCUT2D eigenvalue weighted by Gasteiger charge is 2.20. The van der Waals surface area contributed by atoms with Crippen molar-refractivity contribution in [2.45, 2.75) is 32.0 Å². The monoisotopic (exact) mass is 380 g/mol. The summed E-state index contributed by atoms with van der Waals surface area (Å²) in [4.78, 5) is 0. The first kappa shape index (κ1) is 13.9. The number of rotatable bonds is 3. The van der Waals surface area contributed by atoms with Crippen LogP contribution in [0.4, 0.5) is 0 Å². The van der Waals surface area contributed by atoms with Crippen LogP contribution in [0.25, 0.3) is 0 Å². The minimum Gasteiger partial charge on any atom is -0.489 e. The topological polar surface area (TPSA) is 29.5 Å². The molecule has 0 fully saturated rings. The first-order valence-electron chi connectivity index (χ1n) is 6.91. The molecule has 0 radical (unpaired) electrons. The summed E-state index contributed by atoms with van der Waals surface area (Å²) in [6, 6.07) is 14.3. The molecule has 1 aliphatic carbocycles. The summed E-state index contributed by atoms with van der Waals surface area (Å²) in [5, 5.41) is 10.0. The van der Waals surface area contributed by atoms with E-state index in [1.54, 1.807) is 0 Å². The maximum atomic E-state index is 10.0. The first-order valence-corrected chi connectivity index (χ1v) is 7.99. The van der Waals surface area contributed by atoms with E-state index in [0.717, 1.165) is 30.6 Å². The third-order valence-electron chi connectivity index (χ3n) is 3.74. The van der Waals surface area contributed by atoms with E-state index in [2.05, 4.69) is 46.9 Å². The zero-order valence-electron chi connectivity index (χ0n) is 11.2. The van der Waals surface area contributed by atoms with Crippen LogP contribution in [0.1, 0.15) is 35.6 Å². The highest BCUT2D eigenvalue weighted by molar-refractivity contribution is 14.1. The Morgan fingerprint density at radius 1 is 1.15 bits per heavy atom. The average Bonchev–Trinajstić information content (AvgIpc) is 2.47. The molecule has 0 amide bonds. The SMILES string of the molecule is OC1CCCc2c(OCc3ccc(I)cc3)cccc21. The number of fused-ring (bicyclic) bond motifs is 1. The number of aliphatic hydroxyl groups excluding tert-OH is 1. The number of aliphatic hydroxyl groups is 1. The Kier molecular flexibility index (Phi) is 4.27. The van der Waals surface area contributed by atoms with E-state index in [9.17, 15) is 5.11 Å². The molecule has 3 heteroatoms. The number of ether oxygens (including phenoxy) is 1. The molecule has 1 atom stereocenters. The Morgan fingerprint density at radius 3 is 2.75 bits per heavy atom. The van der Waals surface area contributed by atoms with Crippen LogP contribution in [0.3, 0.4) is 0 Å². The fourth-order valence-electron chi connectivity index (χ4n) is 2.67. The molecule has 0 aliphatic heterocycles. The van der Waals surface area contributed by atoms with Crippen LogP contribution in [0, 0.1) is 3.57 Å². The van der Waals surface area contributed by atoms with Crippen molar-refractivity contribution in [1.29, 1.82) is 0 Å². The molecule has 2 aromatic rings. The van der Waals surface area contributed by atoms with Gasteiger partial charge < -0.3 is 9.84 Å². The maximum Gasteiger partial charge on any atom is 0.123 e. The second kappa shape index (κ2) is 6.14. The molecule has 3 rings (SSSR count). The van der Waals surface area contributed by atoms with E-state index in [1.165, 1.54) is 14.7 Å². The number of benzene rings is 2. The standard InChI is InChI=1S/C17H17IO2/c18-13-9-7-12(8-10-13)11-20-17-6-2-3-14-15(17)4-1-5-16(14)19/h2-3,6-10,16,19H,1,4-5,11H2. The lowest BCUT2D eigenvalue weighted by Crippen LogP contribution is -2.11. The highest BCUT2D eigenvalue weighted by atomic mass is 127. The molecule has 0 aromatic heterocycles. The van der Waals surface area contributed by atoms with Gasteiger partial charge in [-0.05, 0) is 76.7 Å². The molecule has 0 bridgehead atoms. The minimum absolute atomic E-state index is 0.333. The van der Waals surface area contributed by atoms with E-state index in [-0.39, 0.29) is 6.10 Å². The molecule has 0 saturated heterocycles. The van der Waals surface area contributed by atoms with Gasteiger partial charge in [-0.25, -0.2) is 0 Å². The molecule has 0 spiro atoms. The molecule has 20 heavy (non-hydrogen) atoms. The zero-order chi connectivity index (χ0) is 13.9. The molecule has 104 valence electrons. The lowest BCUT2D eigenvalue weighted by Gasteiger charge is -2.23. The van der Waals surface area contributed by atoms with Crippen LogP contribution in [0.2, 0.25) is 0 Å². The van der Waals surface area contributed by atoms with E-state index < -0.39 is 0 Å². The van der Waals surface area contributed by atoms with Gasteiger partial charge in [0.05, 0.1) is 6.10 Å². The Bertz CT molecular complexity index is 592. The largest absolute Gasteiger partial charge is 0.489 e. The normalized spacial score (nSPS) is 17.6. The van der Waals surface area contributed by atoms with Crippen LogP contribution in [0.15, 0.2) is 42.5 Å². The van der Waals surface area contributed by atoms with E-state index in [0.29, 0.717) is 6.61 Å². The Morgan fingerprint density at radius 2 is 1.95 bits per heavy atom. The minimum atomic E-state index is -0.333. The molecular formula is C17H17IO2. The lowest BCUT2D eigenvalue weighted by molar-refractivity contribution is 0.155. The predicted octanol–water partition coefficient (Wildman–Crippen LogP) is 4.24. The van der Waals surface area contributed by atoms with Gasteiger partial charge in [-0.3, -0.25) is 0 Å². The molecule has 0 heterocycles. The van der Waals surface area contributed by atoms with Crippen molar-refractivity contribution in [3.8, 4) is 5.75 Å². The van der Waals surface area contributed by atoms with Crippen LogP contribution < -0.4 is 4.74 Å². The highest BCUT2D eigenvalue weighted by Crippen LogP contribution is 2.35. The quantitative estimate of drug-likeness (QED) is 0.808. The summed E-state index contributed by atoms with van der Waals surface area (Å²) in [5.74, 6) is 0.916. The van der Waals surface area contributed by atoms with Crippen molar-refractivity contribution < 1.29 is 9.84 Å². The van der Waals surface area contributed by atoms with Crippen molar-refractivity contribution in [1.82, 2.24) is 0 Å². The third-order valence-corrected chi connectivity index (χ3v) is 4.46. The summed E-state index contributed by atoms with van der Waals surface area (Å²) >= 11 is 2.30. The van der Waals surface area contributed by atoms with Gasteiger partial charge in [-0.15, -0.1) is 0 Å². The fourth-order valence-corrected chi connectivity index (χ4v) is 3.03. The second-order valence-corrected chi connectivity index (χ2v) is 6.39. The molecule has 1 N–H and O–H groups in total.